The SMILES string of the molecule is CN(C)C1(CNCC(O)COc2cnsn2)CCC1. The van der Waals surface area contributed by atoms with Crippen LogP contribution in [-0.4, -0.2) is 64.2 Å². The summed E-state index contributed by atoms with van der Waals surface area (Å²) in [5.41, 5.74) is 0.277. The van der Waals surface area contributed by atoms with Crippen LogP contribution in [0.15, 0.2) is 6.20 Å². The number of rotatable bonds is 8. The molecule has 6 nitrogen and oxygen atoms in total. The van der Waals surface area contributed by atoms with Crippen molar-refractivity contribution in [2.24, 2.45) is 0 Å². The van der Waals surface area contributed by atoms with E-state index >= 15 is 0 Å². The second-order valence-electron chi connectivity index (χ2n) is 5.31. The summed E-state index contributed by atoms with van der Waals surface area (Å²) in [7, 11) is 4.24. The predicted molar refractivity (Wildman–Crippen MR) is 74.5 cm³/mol. The fourth-order valence-corrected chi connectivity index (χ4v) is 2.66. The molecule has 1 aromatic rings. The average molecular weight is 286 g/mol. The molecule has 108 valence electrons. The van der Waals surface area contributed by atoms with Gasteiger partial charge in [0.05, 0.1) is 11.7 Å². The quantitative estimate of drug-likeness (QED) is 0.719. The molecule has 7 heteroatoms. The largest absolute Gasteiger partial charge is 0.473 e. The number of hydrogen-bond acceptors (Lipinski definition) is 7. The fraction of sp³-hybridized carbons (Fsp3) is 0.833. The Morgan fingerprint density at radius 1 is 1.58 bits per heavy atom. The Balaban J connectivity index is 1.62. The van der Waals surface area contributed by atoms with E-state index in [0.717, 1.165) is 18.3 Å². The molecule has 0 radical (unpaired) electrons. The zero-order valence-corrected chi connectivity index (χ0v) is 12.3. The molecule has 2 N–H and O–H groups in total. The molecular weight excluding hydrogens is 264 g/mol. The van der Waals surface area contributed by atoms with Crippen molar-refractivity contribution in [3.63, 3.8) is 0 Å². The maximum Gasteiger partial charge on any atom is 0.245 e. The van der Waals surface area contributed by atoms with Gasteiger partial charge in [-0.1, -0.05) is 0 Å². The van der Waals surface area contributed by atoms with Crippen LogP contribution in [0.4, 0.5) is 0 Å². The van der Waals surface area contributed by atoms with E-state index in [1.165, 1.54) is 19.3 Å². The zero-order chi connectivity index (χ0) is 13.7. The van der Waals surface area contributed by atoms with Crippen LogP contribution >= 0.6 is 11.7 Å². The number of aliphatic hydroxyl groups excluding tert-OH is 1. The number of hydrogen-bond donors (Lipinski definition) is 2. The lowest BCUT2D eigenvalue weighted by Gasteiger charge is -2.47. The van der Waals surface area contributed by atoms with Crippen LogP contribution in [0.1, 0.15) is 19.3 Å². The Bertz CT molecular complexity index is 368. The topological polar surface area (TPSA) is 70.5 Å². The van der Waals surface area contributed by atoms with Gasteiger partial charge in [0.2, 0.25) is 5.88 Å². The number of ether oxygens (including phenoxy) is 1. The average Bonchev–Trinajstić information content (AvgIpc) is 2.82. The van der Waals surface area contributed by atoms with Crippen molar-refractivity contribution in [2.45, 2.75) is 30.9 Å². The Hall–Kier alpha value is -0.760. The summed E-state index contributed by atoms with van der Waals surface area (Å²) in [5.74, 6) is 0.479. The van der Waals surface area contributed by atoms with Gasteiger partial charge in [0, 0.05) is 18.6 Å². The van der Waals surface area contributed by atoms with Gasteiger partial charge in [-0.2, -0.15) is 4.37 Å². The van der Waals surface area contributed by atoms with Crippen molar-refractivity contribution in [2.75, 3.05) is 33.8 Å². The normalized spacial score (nSPS) is 19.2. The summed E-state index contributed by atoms with van der Waals surface area (Å²) in [6.07, 6.45) is 4.78. The maximum absolute atomic E-state index is 9.83. The molecule has 1 saturated carbocycles. The van der Waals surface area contributed by atoms with Crippen molar-refractivity contribution in [1.29, 1.82) is 0 Å². The zero-order valence-electron chi connectivity index (χ0n) is 11.5. The summed E-state index contributed by atoms with van der Waals surface area (Å²) in [6, 6.07) is 0. The predicted octanol–water partition coefficient (Wildman–Crippen LogP) is 0.352. The molecule has 0 amide bonds. The molecule has 1 atom stereocenters. The third-order valence-corrected chi connectivity index (χ3v) is 4.29. The third-order valence-electron chi connectivity index (χ3n) is 3.83. The number of nitrogens with one attached hydrogen (secondary N) is 1. The number of likely N-dealkylation sites (N-methyl/N-ethyl adjacent to an activating group) is 1. The van der Waals surface area contributed by atoms with Crippen LogP contribution in [-0.2, 0) is 0 Å². The van der Waals surface area contributed by atoms with Crippen molar-refractivity contribution in [3.8, 4) is 5.88 Å². The van der Waals surface area contributed by atoms with E-state index in [1.807, 2.05) is 0 Å². The van der Waals surface area contributed by atoms with Gasteiger partial charge in [0.1, 0.15) is 18.9 Å². The summed E-state index contributed by atoms with van der Waals surface area (Å²) in [4.78, 5) is 2.29. The van der Waals surface area contributed by atoms with E-state index in [2.05, 4.69) is 33.1 Å². The van der Waals surface area contributed by atoms with Gasteiger partial charge in [0.15, 0.2) is 0 Å². The fourth-order valence-electron chi connectivity index (χ4n) is 2.30. The first-order valence-electron chi connectivity index (χ1n) is 6.59. The van der Waals surface area contributed by atoms with Gasteiger partial charge in [0.25, 0.3) is 0 Å². The van der Waals surface area contributed by atoms with Gasteiger partial charge in [-0.3, -0.25) is 0 Å². The minimum atomic E-state index is -0.527. The Morgan fingerprint density at radius 2 is 2.37 bits per heavy atom. The Labute approximate surface area is 118 Å². The van der Waals surface area contributed by atoms with Gasteiger partial charge in [-0.25, -0.2) is 0 Å². The summed E-state index contributed by atoms with van der Waals surface area (Å²) >= 11 is 1.10. The maximum atomic E-state index is 9.83. The molecule has 19 heavy (non-hydrogen) atoms. The minimum Gasteiger partial charge on any atom is -0.473 e. The summed E-state index contributed by atoms with van der Waals surface area (Å²) in [5, 5.41) is 13.2. The first-order valence-corrected chi connectivity index (χ1v) is 7.32. The molecule has 2 rings (SSSR count). The van der Waals surface area contributed by atoms with Gasteiger partial charge in [-0.05, 0) is 33.4 Å². The Morgan fingerprint density at radius 3 is 2.89 bits per heavy atom. The molecule has 0 aliphatic heterocycles. The molecule has 1 aliphatic carbocycles. The molecule has 1 aromatic heterocycles. The monoisotopic (exact) mass is 286 g/mol. The molecule has 0 bridgehead atoms. The van der Waals surface area contributed by atoms with Crippen LogP contribution < -0.4 is 10.1 Å². The number of nitrogens with zero attached hydrogens (tertiary/aromatic N) is 3. The molecule has 1 unspecified atom stereocenters. The van der Waals surface area contributed by atoms with Crippen LogP contribution in [0.3, 0.4) is 0 Å². The third kappa shape index (κ3) is 3.85. The first kappa shape index (κ1) is 14.6. The van der Waals surface area contributed by atoms with Crippen molar-refractivity contribution in [1.82, 2.24) is 19.0 Å². The standard InChI is InChI=1S/C12H22N4O2S/c1-16(2)12(4-3-5-12)9-13-6-10(17)8-18-11-7-14-19-15-11/h7,10,13,17H,3-6,8-9H2,1-2H3. The molecule has 1 aliphatic rings. The number of aromatic nitrogens is 2. The highest BCUT2D eigenvalue weighted by atomic mass is 32.1. The van der Waals surface area contributed by atoms with E-state index < -0.39 is 6.10 Å². The highest BCUT2D eigenvalue weighted by Crippen LogP contribution is 2.35. The van der Waals surface area contributed by atoms with Gasteiger partial charge >= 0.3 is 0 Å². The van der Waals surface area contributed by atoms with Crippen LogP contribution in [0.5, 0.6) is 5.88 Å². The molecule has 0 aromatic carbocycles. The van der Waals surface area contributed by atoms with E-state index in [4.69, 9.17) is 4.74 Å². The highest BCUT2D eigenvalue weighted by molar-refractivity contribution is 6.99. The van der Waals surface area contributed by atoms with Crippen LogP contribution in [0.2, 0.25) is 0 Å². The van der Waals surface area contributed by atoms with E-state index in [-0.39, 0.29) is 12.1 Å². The lowest BCUT2D eigenvalue weighted by atomic mass is 9.75. The van der Waals surface area contributed by atoms with Gasteiger partial charge < -0.3 is 20.1 Å². The van der Waals surface area contributed by atoms with Crippen LogP contribution in [0, 0.1) is 0 Å². The van der Waals surface area contributed by atoms with Gasteiger partial charge in [-0.15, -0.1) is 4.37 Å². The lowest BCUT2D eigenvalue weighted by molar-refractivity contribution is 0.0509. The van der Waals surface area contributed by atoms with Crippen molar-refractivity contribution in [3.05, 3.63) is 6.20 Å². The molecule has 1 fully saturated rings. The molecule has 0 spiro atoms. The second kappa shape index (κ2) is 6.60. The second-order valence-corrected chi connectivity index (χ2v) is 5.87. The van der Waals surface area contributed by atoms with Crippen LogP contribution in [0.25, 0.3) is 0 Å². The molecule has 0 saturated heterocycles. The smallest absolute Gasteiger partial charge is 0.245 e. The summed E-state index contributed by atoms with van der Waals surface area (Å²) in [6.45, 7) is 1.69. The Kier molecular flexibility index (Phi) is 5.09. The van der Waals surface area contributed by atoms with E-state index in [1.54, 1.807) is 6.20 Å². The first-order chi connectivity index (χ1) is 9.12. The van der Waals surface area contributed by atoms with Crippen molar-refractivity contribution < 1.29 is 9.84 Å². The highest BCUT2D eigenvalue weighted by Gasteiger charge is 2.38. The number of aliphatic hydroxyl groups is 1. The van der Waals surface area contributed by atoms with E-state index in [9.17, 15) is 5.11 Å². The van der Waals surface area contributed by atoms with E-state index in [0.29, 0.717) is 12.4 Å². The lowest BCUT2D eigenvalue weighted by Crippen LogP contribution is -2.57. The minimum absolute atomic E-state index is 0.243. The summed E-state index contributed by atoms with van der Waals surface area (Å²) < 4.78 is 13.1. The molecular formula is C12H22N4O2S. The van der Waals surface area contributed by atoms with Crippen molar-refractivity contribution >= 4 is 11.7 Å². The molecule has 1 heterocycles.